The quantitative estimate of drug-likeness (QED) is 0.336. The van der Waals surface area contributed by atoms with E-state index >= 15 is 0 Å². The molecule has 0 aromatic rings. The molecule has 10 heavy (non-hydrogen) atoms. The summed E-state index contributed by atoms with van der Waals surface area (Å²) in [5.74, 6) is 0. The molecule has 10 heteroatoms. The van der Waals surface area contributed by atoms with Gasteiger partial charge in [0.15, 0.2) is 0 Å². The van der Waals surface area contributed by atoms with E-state index in [1.54, 1.807) is 0 Å². The molecule has 0 aromatic carbocycles. The van der Waals surface area contributed by atoms with E-state index in [9.17, 15) is 0 Å². The monoisotopic (exact) mass is 219 g/mol. The van der Waals surface area contributed by atoms with Crippen LogP contribution in [0.3, 0.4) is 0 Å². The van der Waals surface area contributed by atoms with Crippen molar-refractivity contribution in [1.82, 2.24) is 18.5 Å². The first-order valence-corrected chi connectivity index (χ1v) is 0. The van der Waals surface area contributed by atoms with Crippen molar-refractivity contribution >= 4 is 0 Å². The maximum Gasteiger partial charge on any atom is 0 e. The first kappa shape index (κ1) is 416000. The van der Waals surface area contributed by atoms with Gasteiger partial charge in [-0.05, 0) is 0 Å². The molecule has 0 fully saturated rings. The van der Waals surface area contributed by atoms with Crippen molar-refractivity contribution < 1.29 is 46.8 Å². The van der Waals surface area contributed by atoms with E-state index in [0.717, 1.165) is 0 Å². The van der Waals surface area contributed by atoms with Crippen LogP contribution in [0.5, 0.6) is 0 Å². The molecule has 0 bridgehead atoms. The minimum atomic E-state index is 0. The summed E-state index contributed by atoms with van der Waals surface area (Å²) in [7, 11) is 0. The molecule has 0 saturated carbocycles. The Morgan fingerprint density at radius 2 is 0.300 bits per heavy atom. The van der Waals surface area contributed by atoms with Crippen molar-refractivity contribution in [3.8, 4) is 0 Å². The van der Waals surface area contributed by atoms with E-state index in [4.69, 9.17) is 0 Å². The normalized spacial score (nSPS) is 0. The summed E-state index contributed by atoms with van der Waals surface area (Å²) in [6.07, 6.45) is 0. The Morgan fingerprint density at radius 3 is 0.300 bits per heavy atom. The minimum absolute atomic E-state index is 0. The van der Waals surface area contributed by atoms with Gasteiger partial charge in [-0.3, -0.25) is 0 Å². The molecule has 1 radical (unpaired) electrons. The fourth-order valence-corrected chi connectivity index (χ4v) is 0. The minimum Gasteiger partial charge on any atom is -1.00 e. The van der Waals surface area contributed by atoms with Gasteiger partial charge in [-0.2, -0.15) is 0 Å². The Bertz CT molecular complexity index is 13.0. The zero-order valence-electron chi connectivity index (χ0n) is 5.72. The average Bonchev–Trinajstić information content (AvgIpc) is 0. The predicted molar refractivity (Wildman–Crippen MR) is 18.0 cm³/mol. The van der Waals surface area contributed by atoms with Crippen molar-refractivity contribution in [1.29, 1.82) is 0 Å². The second-order valence-electron chi connectivity index (χ2n) is 0. The van der Waals surface area contributed by atoms with Crippen molar-refractivity contribution in [2.45, 2.75) is 0 Å². The van der Waals surface area contributed by atoms with Crippen LogP contribution in [0.2, 0.25) is 0 Å². The molecule has 0 spiro atoms. The molecular formula is H12F6N3V-3. The zero-order valence-corrected chi connectivity index (χ0v) is 7.11. The van der Waals surface area contributed by atoms with Crippen LogP contribution >= 0.6 is 0 Å². The average molecular weight is 219 g/mol. The van der Waals surface area contributed by atoms with Gasteiger partial charge in [0.1, 0.15) is 0 Å². The molecule has 0 aliphatic heterocycles. The Balaban J connectivity index is 0. The van der Waals surface area contributed by atoms with Crippen LogP contribution in [0.15, 0.2) is 0 Å². The fourth-order valence-electron chi connectivity index (χ4n) is 0. The van der Waals surface area contributed by atoms with Gasteiger partial charge in [0.05, 0.1) is 0 Å². The van der Waals surface area contributed by atoms with Crippen LogP contribution in [-0.4, -0.2) is 0 Å². The summed E-state index contributed by atoms with van der Waals surface area (Å²) in [4.78, 5) is 0. The Morgan fingerprint density at radius 1 is 0.300 bits per heavy atom. The third kappa shape index (κ3) is 202000. The van der Waals surface area contributed by atoms with Gasteiger partial charge in [-0.25, -0.2) is 0 Å². The van der Waals surface area contributed by atoms with E-state index in [1.165, 1.54) is 0 Å². The predicted octanol–water partition coefficient (Wildman–Crippen LogP) is -16.8. The van der Waals surface area contributed by atoms with Crippen molar-refractivity contribution in [3.05, 3.63) is 0 Å². The molecule has 0 heterocycles. The topological polar surface area (TPSA) is 110 Å². The van der Waals surface area contributed by atoms with E-state index in [2.05, 4.69) is 0 Å². The number of rotatable bonds is 0. The number of halogens is 6. The summed E-state index contributed by atoms with van der Waals surface area (Å²) in [6, 6.07) is 0. The standard InChI is InChI=1S/6FH.3H3N.V/h6*1H;3*1H3;/p-3. The SMILES string of the molecule is [F-].[F-].[F-].[F-].[F-].[F-].[NH4+].[NH4+].[NH4+].[V]. The molecule has 0 unspecified atom stereocenters. The van der Waals surface area contributed by atoms with Crippen molar-refractivity contribution in [2.24, 2.45) is 0 Å². The van der Waals surface area contributed by atoms with Gasteiger partial charge < -0.3 is 46.7 Å². The summed E-state index contributed by atoms with van der Waals surface area (Å²) < 4.78 is 0. The largest absolute Gasteiger partial charge is 1.00 e. The smallest absolute Gasteiger partial charge is 0 e. The molecule has 12 N–H and O–H groups in total. The third-order valence-corrected chi connectivity index (χ3v) is 0. The van der Waals surface area contributed by atoms with Crippen molar-refractivity contribution in [3.63, 3.8) is 0 Å². The van der Waals surface area contributed by atoms with Gasteiger partial charge in [-0.15, -0.1) is 0 Å². The molecule has 0 aliphatic rings. The molecule has 3 nitrogen and oxygen atoms in total. The third-order valence-electron chi connectivity index (χ3n) is 0. The van der Waals surface area contributed by atoms with Crippen LogP contribution in [-0.2, 0) is 18.6 Å². The summed E-state index contributed by atoms with van der Waals surface area (Å²) >= 11 is 0. The van der Waals surface area contributed by atoms with E-state index < -0.39 is 0 Å². The molecule has 0 aliphatic carbocycles. The molecule has 0 amide bonds. The molecular weight excluding hydrogens is 207 g/mol. The maximum atomic E-state index is 0. The Labute approximate surface area is 66.2 Å². The van der Waals surface area contributed by atoms with Crippen LogP contribution in [0.25, 0.3) is 0 Å². The molecule has 0 saturated heterocycles. The maximum absolute atomic E-state index is 0. The second kappa shape index (κ2) is 297000. The van der Waals surface area contributed by atoms with E-state index in [1.807, 2.05) is 0 Å². The van der Waals surface area contributed by atoms with Gasteiger partial charge in [-0.1, -0.05) is 0 Å². The number of quaternary nitrogens is 3. The van der Waals surface area contributed by atoms with E-state index in [-0.39, 0.29) is 65.2 Å². The summed E-state index contributed by atoms with van der Waals surface area (Å²) in [6.45, 7) is 0. The zero-order chi connectivity index (χ0) is 0. The van der Waals surface area contributed by atoms with Crippen LogP contribution in [0.4, 0.5) is 0 Å². The Hall–Kier alpha value is 0.0444. The second-order valence-corrected chi connectivity index (χ2v) is 0. The number of hydrogen-bond acceptors (Lipinski definition) is 0. The molecule has 0 rings (SSSR count). The van der Waals surface area contributed by atoms with Gasteiger partial charge in [0.25, 0.3) is 0 Å². The first-order valence-electron chi connectivity index (χ1n) is 0. The molecule has 0 atom stereocenters. The Kier molecular flexibility index (Phi) is 12400000000. The van der Waals surface area contributed by atoms with Crippen LogP contribution in [0.1, 0.15) is 0 Å². The van der Waals surface area contributed by atoms with Crippen LogP contribution in [0, 0.1) is 0 Å². The van der Waals surface area contributed by atoms with Gasteiger partial charge in [0.2, 0.25) is 0 Å². The molecule has 77 valence electrons. The number of hydrogen-bond donors (Lipinski definition) is 3. The van der Waals surface area contributed by atoms with Gasteiger partial charge >= 0.3 is 0 Å². The van der Waals surface area contributed by atoms with Gasteiger partial charge in [0, 0.05) is 18.6 Å². The summed E-state index contributed by atoms with van der Waals surface area (Å²) in [5, 5.41) is 0. The van der Waals surface area contributed by atoms with E-state index in [0.29, 0.717) is 0 Å². The first-order chi connectivity index (χ1) is 0. The molecule has 0 aromatic heterocycles. The fraction of sp³-hybridized carbons (Fsp3) is 0. The van der Waals surface area contributed by atoms with Crippen molar-refractivity contribution in [2.75, 3.05) is 0 Å². The summed E-state index contributed by atoms with van der Waals surface area (Å²) in [5.41, 5.74) is 0. The van der Waals surface area contributed by atoms with Crippen LogP contribution < -0.4 is 46.7 Å².